The van der Waals surface area contributed by atoms with Crippen molar-refractivity contribution in [1.82, 2.24) is 0 Å². The molecular formula is C25H23Cl2NOS. The monoisotopic (exact) mass is 455 g/mol. The number of anilines is 1. The molecular weight excluding hydrogens is 433 g/mol. The third kappa shape index (κ3) is 4.34. The predicted octanol–water partition coefficient (Wildman–Crippen LogP) is 7.17. The van der Waals surface area contributed by atoms with E-state index >= 15 is 0 Å². The van der Waals surface area contributed by atoms with Gasteiger partial charge in [0.1, 0.15) is 11.0 Å². The van der Waals surface area contributed by atoms with Crippen LogP contribution in [0, 0.1) is 0 Å². The number of halogens is 2. The van der Waals surface area contributed by atoms with E-state index < -0.39 is 11.0 Å². The molecule has 0 aliphatic heterocycles. The quantitative estimate of drug-likeness (QED) is 0.443. The second-order valence-corrected chi connectivity index (χ2v) is 9.43. The second kappa shape index (κ2) is 8.97. The van der Waals surface area contributed by atoms with Crippen LogP contribution in [0.1, 0.15) is 41.2 Å². The molecule has 1 unspecified atom stereocenters. The summed E-state index contributed by atoms with van der Waals surface area (Å²) >= 11 is 12.7. The Morgan fingerprint density at radius 3 is 2.07 bits per heavy atom. The Morgan fingerprint density at radius 1 is 0.933 bits per heavy atom. The molecule has 4 rings (SSSR count). The second-order valence-electron chi connectivity index (χ2n) is 7.45. The van der Waals surface area contributed by atoms with Gasteiger partial charge in [-0.25, -0.2) is 4.21 Å². The van der Waals surface area contributed by atoms with E-state index in [-0.39, 0.29) is 0 Å². The van der Waals surface area contributed by atoms with Crippen molar-refractivity contribution in [1.29, 1.82) is 0 Å². The van der Waals surface area contributed by atoms with Crippen molar-refractivity contribution < 1.29 is 4.21 Å². The number of fused-ring (bicyclic) bond motifs is 2. The highest BCUT2D eigenvalue weighted by Gasteiger charge is 2.22. The van der Waals surface area contributed by atoms with Crippen molar-refractivity contribution in [3.8, 4) is 0 Å². The van der Waals surface area contributed by atoms with E-state index in [4.69, 9.17) is 23.2 Å². The van der Waals surface area contributed by atoms with Crippen LogP contribution >= 0.6 is 23.2 Å². The smallest absolute Gasteiger partial charge is 0.113 e. The van der Waals surface area contributed by atoms with Gasteiger partial charge in [-0.3, -0.25) is 0 Å². The standard InChI is InChI=1S/C25H23Cl2NOS/c1-3-22(16-5-4-6-21(15-16)28-30(2)29)25-23-11-9-19(26)13-17(23)7-8-18-14-20(27)10-12-24(18)25/h4-6,9-15,28H,3,7-8H2,1-2H3. The lowest BCUT2D eigenvalue weighted by atomic mass is 9.86. The SMILES string of the molecule is CCC(=C1c2ccc(Cl)cc2CCc2cc(Cl)ccc21)c1cccc(NS(C)=O)c1. The molecule has 0 radical (unpaired) electrons. The number of hydrogen-bond acceptors (Lipinski definition) is 1. The van der Waals surface area contributed by atoms with Gasteiger partial charge in [0, 0.05) is 22.0 Å². The van der Waals surface area contributed by atoms with Crippen LogP contribution in [0.2, 0.25) is 10.0 Å². The third-order valence-corrected chi connectivity index (χ3v) is 6.46. The molecule has 0 bridgehead atoms. The molecule has 0 spiro atoms. The van der Waals surface area contributed by atoms with Crippen LogP contribution in [-0.4, -0.2) is 10.5 Å². The van der Waals surface area contributed by atoms with Crippen molar-refractivity contribution in [2.45, 2.75) is 26.2 Å². The molecule has 0 aromatic heterocycles. The van der Waals surface area contributed by atoms with E-state index in [0.29, 0.717) is 0 Å². The summed E-state index contributed by atoms with van der Waals surface area (Å²) in [5.74, 6) is 0. The fourth-order valence-electron chi connectivity index (χ4n) is 4.23. The number of allylic oxidation sites excluding steroid dienone is 1. The third-order valence-electron chi connectivity index (χ3n) is 5.46. The molecule has 5 heteroatoms. The minimum atomic E-state index is -1.12. The minimum absolute atomic E-state index is 0.756. The number of nitrogens with one attached hydrogen (secondary N) is 1. The molecule has 0 saturated heterocycles. The highest BCUT2D eigenvalue weighted by molar-refractivity contribution is 7.85. The number of hydrogen-bond donors (Lipinski definition) is 1. The van der Waals surface area contributed by atoms with Gasteiger partial charge in [-0.2, -0.15) is 0 Å². The molecule has 1 N–H and O–H groups in total. The maximum absolute atomic E-state index is 11.7. The predicted molar refractivity (Wildman–Crippen MR) is 131 cm³/mol. The van der Waals surface area contributed by atoms with E-state index in [1.807, 2.05) is 24.3 Å². The summed E-state index contributed by atoms with van der Waals surface area (Å²) in [6, 6.07) is 20.5. The van der Waals surface area contributed by atoms with E-state index in [9.17, 15) is 4.21 Å². The summed E-state index contributed by atoms with van der Waals surface area (Å²) in [4.78, 5) is 0. The minimum Gasteiger partial charge on any atom is -0.305 e. The van der Waals surface area contributed by atoms with Crippen LogP contribution in [0.15, 0.2) is 60.7 Å². The topological polar surface area (TPSA) is 29.1 Å². The van der Waals surface area contributed by atoms with E-state index in [0.717, 1.165) is 40.6 Å². The highest BCUT2D eigenvalue weighted by Crippen LogP contribution is 2.41. The molecule has 3 aromatic rings. The van der Waals surface area contributed by atoms with Crippen molar-refractivity contribution >= 4 is 51.0 Å². The number of benzene rings is 3. The van der Waals surface area contributed by atoms with E-state index in [1.165, 1.54) is 33.4 Å². The van der Waals surface area contributed by atoms with Gasteiger partial charge in [0.15, 0.2) is 0 Å². The first kappa shape index (κ1) is 21.2. The Hall–Kier alpha value is -2.07. The first-order valence-corrected chi connectivity index (χ1v) is 12.3. The summed E-state index contributed by atoms with van der Waals surface area (Å²) in [6.07, 6.45) is 4.33. The summed E-state index contributed by atoms with van der Waals surface area (Å²) < 4.78 is 14.7. The summed E-state index contributed by atoms with van der Waals surface area (Å²) in [7, 11) is -1.12. The molecule has 2 nitrogen and oxygen atoms in total. The zero-order valence-corrected chi connectivity index (χ0v) is 19.3. The van der Waals surface area contributed by atoms with Crippen molar-refractivity contribution in [2.24, 2.45) is 0 Å². The van der Waals surface area contributed by atoms with Gasteiger partial charge in [-0.15, -0.1) is 0 Å². The van der Waals surface area contributed by atoms with Crippen LogP contribution in [-0.2, 0) is 23.8 Å². The molecule has 30 heavy (non-hydrogen) atoms. The lowest BCUT2D eigenvalue weighted by Crippen LogP contribution is -2.02. The van der Waals surface area contributed by atoms with Crippen molar-refractivity contribution in [3.05, 3.63) is 98.5 Å². The van der Waals surface area contributed by atoms with Crippen LogP contribution in [0.25, 0.3) is 11.1 Å². The van der Waals surface area contributed by atoms with Gasteiger partial charge >= 0.3 is 0 Å². The van der Waals surface area contributed by atoms with Gasteiger partial charge in [-0.1, -0.05) is 54.4 Å². The lowest BCUT2D eigenvalue weighted by molar-refractivity contribution is 0.690. The molecule has 1 atom stereocenters. The average molecular weight is 456 g/mol. The van der Waals surface area contributed by atoms with Crippen LogP contribution in [0.4, 0.5) is 5.69 Å². The van der Waals surface area contributed by atoms with Crippen molar-refractivity contribution in [3.63, 3.8) is 0 Å². The molecule has 0 saturated carbocycles. The first-order valence-electron chi connectivity index (χ1n) is 9.97. The average Bonchev–Trinajstić information content (AvgIpc) is 2.85. The van der Waals surface area contributed by atoms with Crippen LogP contribution < -0.4 is 4.72 Å². The fraction of sp³-hybridized carbons (Fsp3) is 0.200. The Labute approximate surface area is 190 Å². The zero-order chi connectivity index (χ0) is 21.3. The van der Waals surface area contributed by atoms with Gasteiger partial charge in [0.2, 0.25) is 0 Å². The first-order chi connectivity index (χ1) is 14.5. The zero-order valence-electron chi connectivity index (χ0n) is 17.0. The molecule has 0 heterocycles. The van der Waals surface area contributed by atoms with Gasteiger partial charge in [0.05, 0.1) is 0 Å². The molecule has 154 valence electrons. The molecule has 3 aromatic carbocycles. The van der Waals surface area contributed by atoms with Gasteiger partial charge in [0.25, 0.3) is 0 Å². The fourth-order valence-corrected chi connectivity index (χ4v) is 5.08. The maximum Gasteiger partial charge on any atom is 0.113 e. The Kier molecular flexibility index (Phi) is 6.33. The summed E-state index contributed by atoms with van der Waals surface area (Å²) in [6.45, 7) is 2.18. The number of rotatable bonds is 4. The lowest BCUT2D eigenvalue weighted by Gasteiger charge is -2.19. The summed E-state index contributed by atoms with van der Waals surface area (Å²) in [5.41, 5.74) is 9.37. The van der Waals surface area contributed by atoms with Crippen LogP contribution in [0.3, 0.4) is 0 Å². The Bertz CT molecular complexity index is 1110. The van der Waals surface area contributed by atoms with Gasteiger partial charge < -0.3 is 4.72 Å². The maximum atomic E-state index is 11.7. The summed E-state index contributed by atoms with van der Waals surface area (Å²) in [5, 5.41) is 1.51. The normalized spacial score (nSPS) is 13.8. The largest absolute Gasteiger partial charge is 0.305 e. The molecule has 1 aliphatic carbocycles. The molecule has 1 aliphatic rings. The molecule has 0 amide bonds. The van der Waals surface area contributed by atoms with Crippen LogP contribution in [0.5, 0.6) is 0 Å². The number of aryl methyl sites for hydroxylation is 2. The van der Waals surface area contributed by atoms with Gasteiger partial charge in [-0.05, 0) is 94.6 Å². The molecule has 0 fully saturated rings. The van der Waals surface area contributed by atoms with Crippen molar-refractivity contribution in [2.75, 3.05) is 11.0 Å². The Balaban J connectivity index is 2.01. The Morgan fingerprint density at radius 2 is 1.53 bits per heavy atom. The van der Waals surface area contributed by atoms with E-state index in [1.54, 1.807) is 6.26 Å². The highest BCUT2D eigenvalue weighted by atomic mass is 35.5. The van der Waals surface area contributed by atoms with E-state index in [2.05, 4.69) is 48.0 Å².